The summed E-state index contributed by atoms with van der Waals surface area (Å²) in [6, 6.07) is 14.8. The molecule has 1 aromatic carbocycles. The van der Waals surface area contributed by atoms with Crippen LogP contribution in [0.3, 0.4) is 0 Å². The maximum absolute atomic E-state index is 6.00. The van der Waals surface area contributed by atoms with Crippen LogP contribution in [0, 0.1) is 5.92 Å². The van der Waals surface area contributed by atoms with Gasteiger partial charge in [0.15, 0.2) is 0 Å². The third-order valence-corrected chi connectivity index (χ3v) is 5.67. The van der Waals surface area contributed by atoms with Crippen molar-refractivity contribution in [1.29, 1.82) is 0 Å². The fourth-order valence-electron chi connectivity index (χ4n) is 3.96. The first-order valence-corrected chi connectivity index (χ1v) is 9.87. The lowest BCUT2D eigenvalue weighted by atomic mass is 9.77. The van der Waals surface area contributed by atoms with E-state index in [0.717, 1.165) is 23.1 Å². The average Bonchev–Trinajstić information content (AvgIpc) is 2.63. The summed E-state index contributed by atoms with van der Waals surface area (Å²) in [6.07, 6.45) is 11.1. The highest BCUT2D eigenvalue weighted by atomic mass is 35.5. The Kier molecular flexibility index (Phi) is 6.31. The van der Waals surface area contributed by atoms with Crippen molar-refractivity contribution in [3.8, 4) is 11.3 Å². The van der Waals surface area contributed by atoms with Crippen LogP contribution in [0.4, 0.5) is 0 Å². The third kappa shape index (κ3) is 4.60. The van der Waals surface area contributed by atoms with Gasteiger partial charge < -0.3 is 0 Å². The van der Waals surface area contributed by atoms with E-state index in [-0.39, 0.29) is 0 Å². The predicted octanol–water partition coefficient (Wildman–Crippen LogP) is 7.26. The van der Waals surface area contributed by atoms with Gasteiger partial charge >= 0.3 is 0 Å². The molecule has 1 heterocycles. The molecule has 1 aliphatic rings. The van der Waals surface area contributed by atoms with Crippen LogP contribution >= 0.6 is 11.6 Å². The summed E-state index contributed by atoms with van der Waals surface area (Å²) in [5, 5.41) is 0.554. The van der Waals surface area contributed by atoms with Gasteiger partial charge in [0.25, 0.3) is 0 Å². The quantitative estimate of drug-likeness (QED) is 0.398. The molecule has 2 heteroatoms. The van der Waals surface area contributed by atoms with Crippen molar-refractivity contribution in [3.05, 3.63) is 53.2 Å². The molecule has 1 saturated carbocycles. The molecule has 0 saturated heterocycles. The van der Waals surface area contributed by atoms with Gasteiger partial charge in [-0.3, -0.25) is 0 Å². The maximum Gasteiger partial charge on any atom is 0.129 e. The van der Waals surface area contributed by atoms with Gasteiger partial charge in [0.2, 0.25) is 0 Å². The van der Waals surface area contributed by atoms with Crippen molar-refractivity contribution in [2.24, 2.45) is 5.92 Å². The molecule has 1 aliphatic carbocycles. The molecule has 24 heavy (non-hydrogen) atoms. The van der Waals surface area contributed by atoms with E-state index in [9.17, 15) is 0 Å². The zero-order valence-corrected chi connectivity index (χ0v) is 15.4. The van der Waals surface area contributed by atoms with Gasteiger partial charge in [-0.05, 0) is 55.2 Å². The predicted molar refractivity (Wildman–Crippen MR) is 104 cm³/mol. The molecule has 0 amide bonds. The summed E-state index contributed by atoms with van der Waals surface area (Å²) in [5.41, 5.74) is 3.59. The Morgan fingerprint density at radius 3 is 2.38 bits per heavy atom. The molecule has 0 unspecified atom stereocenters. The highest BCUT2D eigenvalue weighted by Gasteiger charge is 2.22. The summed E-state index contributed by atoms with van der Waals surface area (Å²) in [7, 11) is 0. The Labute approximate surface area is 151 Å². The van der Waals surface area contributed by atoms with Crippen molar-refractivity contribution in [3.63, 3.8) is 0 Å². The summed E-state index contributed by atoms with van der Waals surface area (Å²) in [4.78, 5) is 4.40. The Morgan fingerprint density at radius 2 is 1.71 bits per heavy atom. The zero-order valence-electron chi connectivity index (χ0n) is 14.7. The van der Waals surface area contributed by atoms with Crippen LogP contribution in [0.15, 0.2) is 42.5 Å². The smallest absolute Gasteiger partial charge is 0.129 e. The topological polar surface area (TPSA) is 12.9 Å². The lowest BCUT2D eigenvalue weighted by molar-refractivity contribution is 0.303. The van der Waals surface area contributed by atoms with Gasteiger partial charge in [-0.1, -0.05) is 74.5 Å². The first kappa shape index (κ1) is 17.5. The van der Waals surface area contributed by atoms with Gasteiger partial charge in [-0.25, -0.2) is 4.98 Å². The van der Waals surface area contributed by atoms with Gasteiger partial charge in [-0.2, -0.15) is 0 Å². The molecule has 1 fully saturated rings. The highest BCUT2D eigenvalue weighted by Crippen LogP contribution is 2.38. The number of nitrogens with zero attached hydrogens (tertiary/aromatic N) is 1. The molecule has 0 bridgehead atoms. The number of benzene rings is 1. The number of hydrogen-bond acceptors (Lipinski definition) is 1. The number of halogens is 1. The van der Waals surface area contributed by atoms with Gasteiger partial charge in [0.05, 0.1) is 5.69 Å². The first-order chi connectivity index (χ1) is 11.8. The molecule has 1 nitrogen and oxygen atoms in total. The Balaban J connectivity index is 1.57. The fourth-order valence-corrected chi connectivity index (χ4v) is 4.13. The van der Waals surface area contributed by atoms with Crippen molar-refractivity contribution in [1.82, 2.24) is 4.98 Å². The fraction of sp³-hybridized carbons (Fsp3) is 0.500. The minimum Gasteiger partial charge on any atom is -0.236 e. The SMILES string of the molecule is CCCCCC1CCC(c2ccc(-c3cccc(Cl)n3)cc2)CC1. The second-order valence-corrected chi connectivity index (χ2v) is 7.57. The van der Waals surface area contributed by atoms with Crippen LogP contribution in [0.2, 0.25) is 5.15 Å². The molecule has 0 atom stereocenters. The normalized spacial score (nSPS) is 20.9. The maximum atomic E-state index is 6.00. The van der Waals surface area contributed by atoms with Gasteiger partial charge in [0.1, 0.15) is 5.15 Å². The Hall–Kier alpha value is -1.34. The van der Waals surface area contributed by atoms with E-state index >= 15 is 0 Å². The van der Waals surface area contributed by atoms with E-state index in [4.69, 9.17) is 11.6 Å². The molecule has 128 valence electrons. The largest absolute Gasteiger partial charge is 0.236 e. The van der Waals surface area contributed by atoms with Crippen molar-refractivity contribution < 1.29 is 0 Å². The van der Waals surface area contributed by atoms with Gasteiger partial charge in [-0.15, -0.1) is 0 Å². The Morgan fingerprint density at radius 1 is 0.958 bits per heavy atom. The lowest BCUT2D eigenvalue weighted by Crippen LogP contribution is -2.13. The van der Waals surface area contributed by atoms with E-state index in [1.165, 1.54) is 56.9 Å². The molecular formula is C22H28ClN. The van der Waals surface area contributed by atoms with E-state index in [1.807, 2.05) is 18.2 Å². The van der Waals surface area contributed by atoms with Crippen LogP contribution in [-0.4, -0.2) is 4.98 Å². The number of pyridine rings is 1. The molecular weight excluding hydrogens is 314 g/mol. The second-order valence-electron chi connectivity index (χ2n) is 7.18. The second kappa shape index (κ2) is 8.67. The monoisotopic (exact) mass is 341 g/mol. The van der Waals surface area contributed by atoms with E-state index in [0.29, 0.717) is 5.15 Å². The zero-order chi connectivity index (χ0) is 16.8. The van der Waals surface area contributed by atoms with Gasteiger partial charge in [0, 0.05) is 5.56 Å². The standard InChI is InChI=1S/C22H28ClN/c1-2-3-4-6-17-9-11-18(12-10-17)19-13-15-20(16-14-19)21-7-5-8-22(23)24-21/h5,7-8,13-18H,2-4,6,9-12H2,1H3. The summed E-state index contributed by atoms with van der Waals surface area (Å²) in [5.74, 6) is 1.72. The molecule has 0 aliphatic heterocycles. The van der Waals surface area contributed by atoms with E-state index < -0.39 is 0 Å². The molecule has 0 spiro atoms. The van der Waals surface area contributed by atoms with Crippen molar-refractivity contribution in [2.75, 3.05) is 0 Å². The van der Waals surface area contributed by atoms with Crippen LogP contribution in [0.1, 0.15) is 69.8 Å². The van der Waals surface area contributed by atoms with E-state index in [1.54, 1.807) is 0 Å². The highest BCUT2D eigenvalue weighted by molar-refractivity contribution is 6.29. The minimum absolute atomic E-state index is 0.554. The molecule has 2 aromatic rings. The van der Waals surface area contributed by atoms with Crippen LogP contribution in [-0.2, 0) is 0 Å². The van der Waals surface area contributed by atoms with Crippen molar-refractivity contribution >= 4 is 11.6 Å². The minimum atomic E-state index is 0.554. The van der Waals surface area contributed by atoms with E-state index in [2.05, 4.69) is 36.2 Å². The number of unbranched alkanes of at least 4 members (excludes halogenated alkanes) is 2. The summed E-state index contributed by atoms with van der Waals surface area (Å²) >= 11 is 6.00. The van der Waals surface area contributed by atoms with Crippen LogP contribution in [0.25, 0.3) is 11.3 Å². The number of hydrogen-bond donors (Lipinski definition) is 0. The molecule has 3 rings (SSSR count). The van der Waals surface area contributed by atoms with Crippen molar-refractivity contribution in [2.45, 2.75) is 64.2 Å². The van der Waals surface area contributed by atoms with Crippen LogP contribution < -0.4 is 0 Å². The average molecular weight is 342 g/mol. The lowest BCUT2D eigenvalue weighted by Gasteiger charge is -2.29. The van der Waals surface area contributed by atoms with Crippen LogP contribution in [0.5, 0.6) is 0 Å². The Bertz CT molecular complexity index is 627. The molecule has 0 N–H and O–H groups in total. The number of rotatable bonds is 6. The summed E-state index contributed by atoms with van der Waals surface area (Å²) < 4.78 is 0. The first-order valence-electron chi connectivity index (χ1n) is 9.49. The molecule has 1 aromatic heterocycles. The molecule has 0 radical (unpaired) electrons. The number of aromatic nitrogens is 1. The summed E-state index contributed by atoms with van der Waals surface area (Å²) in [6.45, 7) is 2.29. The third-order valence-electron chi connectivity index (χ3n) is 5.46.